The van der Waals surface area contributed by atoms with Crippen LogP contribution in [0.4, 0.5) is 5.69 Å². The van der Waals surface area contributed by atoms with E-state index in [1.807, 2.05) is 6.07 Å². The predicted octanol–water partition coefficient (Wildman–Crippen LogP) is 5.67. The quantitative estimate of drug-likeness (QED) is 0.134. The van der Waals surface area contributed by atoms with Crippen molar-refractivity contribution >= 4 is 29.1 Å². The van der Waals surface area contributed by atoms with Crippen molar-refractivity contribution in [3.63, 3.8) is 0 Å². The number of carbonyl (C=O) groups excluding carboxylic acids is 3. The molecule has 1 unspecified atom stereocenters. The molecule has 3 aromatic carbocycles. The maximum Gasteiger partial charge on any atom is 0.337 e. The van der Waals surface area contributed by atoms with Gasteiger partial charge in [-0.1, -0.05) is 56.2 Å². The van der Waals surface area contributed by atoms with Crippen LogP contribution < -0.4 is 9.64 Å². The van der Waals surface area contributed by atoms with E-state index in [2.05, 4.69) is 6.92 Å². The molecule has 7 nitrogen and oxygen atoms in total. The second kappa shape index (κ2) is 11.6. The van der Waals surface area contributed by atoms with E-state index in [0.29, 0.717) is 29.2 Å². The largest absolute Gasteiger partial charge is 0.507 e. The number of ketones is 1. The summed E-state index contributed by atoms with van der Waals surface area (Å²) < 4.78 is 10.6. The number of anilines is 1. The van der Waals surface area contributed by atoms with Gasteiger partial charge in [0.15, 0.2) is 0 Å². The first kappa shape index (κ1) is 25.7. The van der Waals surface area contributed by atoms with Crippen LogP contribution in [-0.2, 0) is 14.3 Å². The van der Waals surface area contributed by atoms with Crippen LogP contribution >= 0.6 is 0 Å². The Labute approximate surface area is 215 Å². The van der Waals surface area contributed by atoms with E-state index >= 15 is 0 Å². The Hall–Kier alpha value is -4.39. The third-order valence-corrected chi connectivity index (χ3v) is 6.25. The van der Waals surface area contributed by atoms with Crippen molar-refractivity contribution in [1.29, 1.82) is 0 Å². The second-order valence-electron chi connectivity index (χ2n) is 8.70. The van der Waals surface area contributed by atoms with E-state index in [1.165, 1.54) is 18.1 Å². The molecule has 0 bridgehead atoms. The molecule has 1 amide bonds. The van der Waals surface area contributed by atoms with Crippen LogP contribution in [-0.4, -0.2) is 36.5 Å². The Bertz CT molecular complexity index is 1310. The van der Waals surface area contributed by atoms with E-state index in [-0.39, 0.29) is 16.9 Å². The Morgan fingerprint density at radius 3 is 2.32 bits per heavy atom. The van der Waals surface area contributed by atoms with E-state index in [9.17, 15) is 19.5 Å². The molecule has 1 aliphatic heterocycles. The zero-order valence-corrected chi connectivity index (χ0v) is 20.8. The number of carbonyl (C=O) groups is 3. The highest BCUT2D eigenvalue weighted by Gasteiger charge is 2.47. The van der Waals surface area contributed by atoms with E-state index in [1.54, 1.807) is 66.7 Å². The molecule has 37 heavy (non-hydrogen) atoms. The molecule has 0 spiro atoms. The van der Waals surface area contributed by atoms with Gasteiger partial charge in [-0.3, -0.25) is 14.5 Å². The summed E-state index contributed by atoms with van der Waals surface area (Å²) >= 11 is 0. The Morgan fingerprint density at radius 1 is 0.919 bits per heavy atom. The van der Waals surface area contributed by atoms with Gasteiger partial charge in [-0.2, -0.15) is 0 Å². The van der Waals surface area contributed by atoms with Gasteiger partial charge in [-0.25, -0.2) is 4.79 Å². The van der Waals surface area contributed by atoms with E-state index < -0.39 is 23.7 Å². The highest BCUT2D eigenvalue weighted by Crippen LogP contribution is 2.42. The first-order valence-electron chi connectivity index (χ1n) is 12.2. The molecular formula is C30H29NO6. The minimum Gasteiger partial charge on any atom is -0.507 e. The lowest BCUT2D eigenvalue weighted by molar-refractivity contribution is -0.132. The summed E-state index contributed by atoms with van der Waals surface area (Å²) in [7, 11) is 1.27. The van der Waals surface area contributed by atoms with Crippen molar-refractivity contribution in [3.8, 4) is 5.75 Å². The molecule has 1 heterocycles. The van der Waals surface area contributed by atoms with Crippen molar-refractivity contribution in [3.05, 3.63) is 101 Å². The summed E-state index contributed by atoms with van der Waals surface area (Å²) in [5.41, 5.74) is 1.58. The van der Waals surface area contributed by atoms with Gasteiger partial charge in [-0.15, -0.1) is 0 Å². The molecule has 190 valence electrons. The van der Waals surface area contributed by atoms with Crippen LogP contribution in [0.3, 0.4) is 0 Å². The smallest absolute Gasteiger partial charge is 0.337 e. The highest BCUT2D eigenvalue weighted by molar-refractivity contribution is 6.51. The summed E-state index contributed by atoms with van der Waals surface area (Å²) in [6.45, 7) is 2.72. The molecule has 1 aliphatic rings. The molecular weight excluding hydrogens is 470 g/mol. The molecule has 0 aromatic heterocycles. The average Bonchev–Trinajstić information content (AvgIpc) is 3.21. The summed E-state index contributed by atoms with van der Waals surface area (Å²) in [5, 5.41) is 11.3. The predicted molar refractivity (Wildman–Crippen MR) is 140 cm³/mol. The summed E-state index contributed by atoms with van der Waals surface area (Å²) in [6.07, 6.45) is 3.14. The van der Waals surface area contributed by atoms with Crippen molar-refractivity contribution in [2.45, 2.75) is 32.2 Å². The number of Topliss-reactive ketones (excluding diaryl/α,β-unsaturated/α-hetero) is 1. The minimum atomic E-state index is -0.890. The SMILES string of the molecule is CCCCCOc1ccc(/C(O)=C2\C(=O)C(=O)N(c3cccc(C(=O)OC)c3)C2c2ccccc2)cc1. The van der Waals surface area contributed by atoms with Gasteiger partial charge in [0, 0.05) is 11.3 Å². The lowest BCUT2D eigenvalue weighted by Gasteiger charge is -2.25. The Kier molecular flexibility index (Phi) is 8.03. The van der Waals surface area contributed by atoms with Gasteiger partial charge < -0.3 is 14.6 Å². The van der Waals surface area contributed by atoms with Gasteiger partial charge in [0.1, 0.15) is 11.5 Å². The number of esters is 1. The highest BCUT2D eigenvalue weighted by atomic mass is 16.5. The average molecular weight is 500 g/mol. The lowest BCUT2D eigenvalue weighted by atomic mass is 9.95. The Morgan fingerprint density at radius 2 is 1.65 bits per heavy atom. The van der Waals surface area contributed by atoms with Gasteiger partial charge in [0.25, 0.3) is 11.7 Å². The molecule has 0 saturated carbocycles. The number of aliphatic hydroxyl groups is 1. The summed E-state index contributed by atoms with van der Waals surface area (Å²) in [6, 6.07) is 21.2. The number of benzene rings is 3. The zero-order valence-electron chi connectivity index (χ0n) is 20.8. The van der Waals surface area contributed by atoms with Crippen LogP contribution in [0.5, 0.6) is 5.75 Å². The molecule has 4 rings (SSSR count). The summed E-state index contributed by atoms with van der Waals surface area (Å²) in [5.74, 6) is -1.79. The number of hydrogen-bond acceptors (Lipinski definition) is 6. The van der Waals surface area contributed by atoms with Crippen LogP contribution in [0, 0.1) is 0 Å². The van der Waals surface area contributed by atoms with Crippen LogP contribution in [0.25, 0.3) is 5.76 Å². The first-order valence-corrected chi connectivity index (χ1v) is 12.2. The van der Waals surface area contributed by atoms with Crippen molar-refractivity contribution < 1.29 is 29.0 Å². The maximum atomic E-state index is 13.3. The minimum absolute atomic E-state index is 0.0312. The standard InChI is InChI=1S/C30H29NO6/c1-3-4-8-18-37-24-16-14-21(15-17-24)27(32)25-26(20-10-6-5-7-11-20)31(29(34)28(25)33)23-13-9-12-22(19-23)30(35)36-2/h5-7,9-17,19,26,32H,3-4,8,18H2,1-2H3/b27-25+. The van der Waals surface area contributed by atoms with Crippen molar-refractivity contribution in [1.82, 2.24) is 0 Å². The third kappa shape index (κ3) is 5.40. The number of methoxy groups -OCH3 is 1. The zero-order chi connectivity index (χ0) is 26.4. The van der Waals surface area contributed by atoms with Crippen LogP contribution in [0.15, 0.2) is 84.4 Å². The van der Waals surface area contributed by atoms with Gasteiger partial charge in [-0.05, 0) is 54.4 Å². The summed E-state index contributed by atoms with van der Waals surface area (Å²) in [4.78, 5) is 40.0. The molecule has 1 fully saturated rings. The van der Waals surface area contributed by atoms with Crippen molar-refractivity contribution in [2.24, 2.45) is 0 Å². The van der Waals surface area contributed by atoms with Crippen molar-refractivity contribution in [2.75, 3.05) is 18.6 Å². The van der Waals surface area contributed by atoms with E-state index in [4.69, 9.17) is 9.47 Å². The van der Waals surface area contributed by atoms with Crippen LogP contribution in [0.2, 0.25) is 0 Å². The lowest BCUT2D eigenvalue weighted by Crippen LogP contribution is -2.29. The molecule has 1 N–H and O–H groups in total. The molecule has 1 atom stereocenters. The topological polar surface area (TPSA) is 93.1 Å². The first-order chi connectivity index (χ1) is 18.0. The number of nitrogens with zero attached hydrogens (tertiary/aromatic N) is 1. The molecule has 0 aliphatic carbocycles. The van der Waals surface area contributed by atoms with Gasteiger partial charge in [0.05, 0.1) is 30.9 Å². The third-order valence-electron chi connectivity index (χ3n) is 6.25. The molecule has 0 radical (unpaired) electrons. The molecule has 3 aromatic rings. The number of amides is 1. The van der Waals surface area contributed by atoms with Gasteiger partial charge in [0.2, 0.25) is 0 Å². The number of ether oxygens (including phenoxy) is 2. The molecule has 1 saturated heterocycles. The normalized spacial score (nSPS) is 16.6. The fourth-order valence-electron chi connectivity index (χ4n) is 4.36. The number of hydrogen-bond donors (Lipinski definition) is 1. The van der Waals surface area contributed by atoms with Gasteiger partial charge >= 0.3 is 5.97 Å². The van der Waals surface area contributed by atoms with Crippen LogP contribution in [0.1, 0.15) is 53.7 Å². The number of rotatable bonds is 9. The number of unbranched alkanes of at least 4 members (excludes halogenated alkanes) is 2. The monoisotopic (exact) mass is 499 g/mol. The fourth-order valence-corrected chi connectivity index (χ4v) is 4.36. The Balaban J connectivity index is 1.76. The molecule has 7 heteroatoms. The van der Waals surface area contributed by atoms with E-state index in [0.717, 1.165) is 19.3 Å². The second-order valence-corrected chi connectivity index (χ2v) is 8.70. The number of aliphatic hydroxyl groups excluding tert-OH is 1. The maximum absolute atomic E-state index is 13.3. The fraction of sp³-hybridized carbons (Fsp3) is 0.233.